The molecular formula is C21H27N3O4. The molecule has 2 saturated heterocycles. The van der Waals surface area contributed by atoms with Crippen molar-refractivity contribution in [3.8, 4) is 5.88 Å². The second-order valence-corrected chi connectivity index (χ2v) is 8.55. The van der Waals surface area contributed by atoms with E-state index in [1.165, 1.54) is 0 Å². The molecule has 0 aliphatic carbocycles. The quantitative estimate of drug-likeness (QED) is 0.848. The second-order valence-electron chi connectivity index (χ2n) is 8.55. The molecule has 0 bridgehead atoms. The van der Waals surface area contributed by atoms with Crippen molar-refractivity contribution in [1.82, 2.24) is 14.9 Å². The number of fused-ring (bicyclic) bond motifs is 1. The Morgan fingerprint density at radius 3 is 2.71 bits per heavy atom. The number of rotatable bonds is 5. The fourth-order valence-electron chi connectivity index (χ4n) is 3.63. The molecule has 0 saturated carbocycles. The van der Waals surface area contributed by atoms with Crippen LogP contribution in [0.25, 0.3) is 0 Å². The topological polar surface area (TPSA) is 76.9 Å². The number of benzene rings is 1. The number of aromatic nitrogens is 2. The lowest BCUT2D eigenvalue weighted by Gasteiger charge is -2.31. The predicted molar refractivity (Wildman–Crippen MR) is 102 cm³/mol. The maximum Gasteiger partial charge on any atom is 0.238 e. The van der Waals surface area contributed by atoms with Crippen molar-refractivity contribution in [2.24, 2.45) is 5.41 Å². The number of aliphatic hydroxyl groups is 1. The Morgan fingerprint density at radius 2 is 1.96 bits per heavy atom. The lowest BCUT2D eigenvalue weighted by atomic mass is 9.87. The van der Waals surface area contributed by atoms with Gasteiger partial charge in [0, 0.05) is 12.4 Å². The van der Waals surface area contributed by atoms with Crippen LogP contribution in [-0.4, -0.2) is 52.1 Å². The largest absolute Gasteiger partial charge is 0.474 e. The summed E-state index contributed by atoms with van der Waals surface area (Å²) in [5.74, 6) is 0.356. The van der Waals surface area contributed by atoms with Gasteiger partial charge in [-0.15, -0.1) is 0 Å². The van der Waals surface area contributed by atoms with Crippen molar-refractivity contribution in [2.45, 2.75) is 38.6 Å². The first-order valence-electron chi connectivity index (χ1n) is 9.54. The van der Waals surface area contributed by atoms with Crippen LogP contribution in [0.1, 0.15) is 44.4 Å². The SMILES string of the molecule is CC(C)(C)[C@H](O)c1nccnc1OC[C@@]12COCN1[C@@H](c1ccccc1)OC2. The number of hydrogen-bond donors (Lipinski definition) is 1. The van der Waals surface area contributed by atoms with Gasteiger partial charge in [0.2, 0.25) is 5.88 Å². The average molecular weight is 385 g/mol. The van der Waals surface area contributed by atoms with Crippen LogP contribution in [0.3, 0.4) is 0 Å². The molecule has 1 N–H and O–H groups in total. The number of hydrogen-bond acceptors (Lipinski definition) is 7. The molecule has 0 unspecified atom stereocenters. The van der Waals surface area contributed by atoms with Crippen molar-refractivity contribution in [3.63, 3.8) is 0 Å². The zero-order chi connectivity index (χ0) is 19.8. The summed E-state index contributed by atoms with van der Waals surface area (Å²) in [6.07, 6.45) is 2.22. The summed E-state index contributed by atoms with van der Waals surface area (Å²) in [5.41, 5.74) is 0.791. The van der Waals surface area contributed by atoms with Crippen LogP contribution in [0.5, 0.6) is 5.88 Å². The van der Waals surface area contributed by atoms with Crippen molar-refractivity contribution in [1.29, 1.82) is 0 Å². The third-order valence-electron chi connectivity index (χ3n) is 5.34. The summed E-state index contributed by atoms with van der Waals surface area (Å²) in [4.78, 5) is 10.8. The van der Waals surface area contributed by atoms with Gasteiger partial charge >= 0.3 is 0 Å². The molecule has 0 amide bonds. The Morgan fingerprint density at radius 1 is 1.21 bits per heavy atom. The standard InChI is InChI=1S/C21H27N3O4/c1-20(2,3)17(25)16-18(23-10-9-22-16)27-12-21-11-26-14-24(21)19(28-13-21)15-7-5-4-6-8-15/h4-10,17,19,25H,11-14H2,1-3H3/t17-,19-,21-/m1/s1. The molecule has 1 aromatic heterocycles. The molecule has 3 heterocycles. The van der Waals surface area contributed by atoms with E-state index in [4.69, 9.17) is 14.2 Å². The fraction of sp³-hybridized carbons (Fsp3) is 0.524. The maximum atomic E-state index is 10.7. The third kappa shape index (κ3) is 3.51. The van der Waals surface area contributed by atoms with Crippen LogP contribution >= 0.6 is 0 Å². The van der Waals surface area contributed by atoms with E-state index in [2.05, 4.69) is 27.0 Å². The zero-order valence-electron chi connectivity index (χ0n) is 16.5. The molecule has 2 aliphatic heterocycles. The van der Waals surface area contributed by atoms with Crippen LogP contribution in [0.2, 0.25) is 0 Å². The lowest BCUT2D eigenvalue weighted by Crippen LogP contribution is -2.49. The molecule has 2 fully saturated rings. The maximum absolute atomic E-state index is 10.7. The van der Waals surface area contributed by atoms with Gasteiger partial charge in [-0.05, 0) is 11.0 Å². The molecular weight excluding hydrogens is 358 g/mol. The van der Waals surface area contributed by atoms with Gasteiger partial charge in [-0.25, -0.2) is 9.88 Å². The molecule has 4 rings (SSSR count). The monoisotopic (exact) mass is 385 g/mol. The van der Waals surface area contributed by atoms with Gasteiger partial charge in [-0.1, -0.05) is 51.1 Å². The first-order valence-corrected chi connectivity index (χ1v) is 9.54. The average Bonchev–Trinajstić information content (AvgIpc) is 3.25. The summed E-state index contributed by atoms with van der Waals surface area (Å²) in [7, 11) is 0. The van der Waals surface area contributed by atoms with Gasteiger partial charge in [-0.2, -0.15) is 0 Å². The van der Waals surface area contributed by atoms with Gasteiger partial charge in [0.1, 0.15) is 36.9 Å². The van der Waals surface area contributed by atoms with Gasteiger partial charge in [0.25, 0.3) is 0 Å². The highest BCUT2D eigenvalue weighted by atomic mass is 16.6. The smallest absolute Gasteiger partial charge is 0.238 e. The Labute approximate surface area is 165 Å². The van der Waals surface area contributed by atoms with Crippen molar-refractivity contribution >= 4 is 0 Å². The van der Waals surface area contributed by atoms with E-state index in [0.717, 1.165) is 5.56 Å². The Kier molecular flexibility index (Phi) is 5.09. The molecule has 150 valence electrons. The molecule has 2 aliphatic rings. The highest BCUT2D eigenvalue weighted by Crippen LogP contribution is 2.41. The second kappa shape index (κ2) is 7.40. The van der Waals surface area contributed by atoms with Crippen molar-refractivity contribution in [3.05, 3.63) is 54.0 Å². The van der Waals surface area contributed by atoms with Crippen molar-refractivity contribution in [2.75, 3.05) is 26.6 Å². The molecule has 1 aromatic carbocycles. The highest BCUT2D eigenvalue weighted by molar-refractivity contribution is 5.23. The summed E-state index contributed by atoms with van der Waals surface area (Å²) < 4.78 is 18.0. The Balaban J connectivity index is 1.53. The van der Waals surface area contributed by atoms with Crippen LogP contribution in [-0.2, 0) is 9.47 Å². The number of aliphatic hydroxyl groups excluding tert-OH is 1. The molecule has 0 radical (unpaired) electrons. The highest BCUT2D eigenvalue weighted by Gasteiger charge is 2.53. The minimum absolute atomic E-state index is 0.159. The van der Waals surface area contributed by atoms with E-state index in [1.807, 2.05) is 39.0 Å². The summed E-state index contributed by atoms with van der Waals surface area (Å²) in [5, 5.41) is 10.7. The van der Waals surface area contributed by atoms with E-state index < -0.39 is 6.10 Å². The molecule has 28 heavy (non-hydrogen) atoms. The minimum atomic E-state index is -0.776. The molecule has 3 atom stereocenters. The van der Waals surface area contributed by atoms with Gasteiger partial charge in [0.15, 0.2) is 0 Å². The predicted octanol–water partition coefficient (Wildman–Crippen LogP) is 2.69. The first kappa shape index (κ1) is 19.3. The van der Waals surface area contributed by atoms with E-state index in [9.17, 15) is 5.11 Å². The van der Waals surface area contributed by atoms with Gasteiger partial charge < -0.3 is 19.3 Å². The minimum Gasteiger partial charge on any atom is -0.474 e. The molecule has 0 spiro atoms. The molecule has 7 heteroatoms. The normalized spacial score (nSPS) is 26.2. The van der Waals surface area contributed by atoms with Crippen LogP contribution in [0, 0.1) is 5.41 Å². The summed E-state index contributed by atoms with van der Waals surface area (Å²) >= 11 is 0. The van der Waals surface area contributed by atoms with Gasteiger partial charge in [-0.3, -0.25) is 4.98 Å². The van der Waals surface area contributed by atoms with Crippen LogP contribution in [0.15, 0.2) is 42.7 Å². The summed E-state index contributed by atoms with van der Waals surface area (Å²) in [6.45, 7) is 7.72. The summed E-state index contributed by atoms with van der Waals surface area (Å²) in [6, 6.07) is 10.1. The Hall–Kier alpha value is -2.06. The van der Waals surface area contributed by atoms with E-state index in [1.54, 1.807) is 12.4 Å². The van der Waals surface area contributed by atoms with Crippen LogP contribution < -0.4 is 4.74 Å². The molecule has 7 nitrogen and oxygen atoms in total. The Bertz CT molecular complexity index is 811. The number of nitrogens with zero attached hydrogens (tertiary/aromatic N) is 3. The first-order chi connectivity index (χ1) is 13.4. The van der Waals surface area contributed by atoms with E-state index in [0.29, 0.717) is 38.1 Å². The lowest BCUT2D eigenvalue weighted by molar-refractivity contribution is -0.00689. The van der Waals surface area contributed by atoms with Gasteiger partial charge in [0.05, 0.1) is 13.2 Å². The van der Waals surface area contributed by atoms with Crippen LogP contribution in [0.4, 0.5) is 0 Å². The van der Waals surface area contributed by atoms with E-state index >= 15 is 0 Å². The third-order valence-corrected chi connectivity index (χ3v) is 5.34. The molecule has 2 aromatic rings. The fourth-order valence-corrected chi connectivity index (χ4v) is 3.63. The van der Waals surface area contributed by atoms with Crippen molar-refractivity contribution < 1.29 is 19.3 Å². The number of ether oxygens (including phenoxy) is 3. The van der Waals surface area contributed by atoms with E-state index in [-0.39, 0.29) is 17.2 Å². The zero-order valence-corrected chi connectivity index (χ0v) is 16.5.